The van der Waals surface area contributed by atoms with E-state index in [4.69, 9.17) is 25.9 Å². The molecule has 23 heavy (non-hydrogen) atoms. The summed E-state index contributed by atoms with van der Waals surface area (Å²) in [5, 5.41) is 5.24. The van der Waals surface area contributed by atoms with Crippen molar-refractivity contribution in [3.05, 3.63) is 53.3 Å². The number of benzene rings is 2. The van der Waals surface area contributed by atoms with Crippen LogP contribution in [0.2, 0.25) is 5.02 Å². The molecule has 0 radical (unpaired) electrons. The number of ether oxygens (including phenoxy) is 2. The van der Waals surface area contributed by atoms with Crippen molar-refractivity contribution >= 4 is 28.7 Å². The maximum absolute atomic E-state index is 6.00. The summed E-state index contributed by atoms with van der Waals surface area (Å²) in [6.07, 6.45) is 2.99. The minimum absolute atomic E-state index is 0.236. The molecule has 2 heterocycles. The molecule has 0 atom stereocenters. The monoisotopic (exact) mass is 327 g/mol. The van der Waals surface area contributed by atoms with Gasteiger partial charge in [0.2, 0.25) is 6.79 Å². The van der Waals surface area contributed by atoms with Crippen molar-refractivity contribution in [3.8, 4) is 17.4 Å². The van der Waals surface area contributed by atoms with E-state index in [0.717, 1.165) is 16.8 Å². The second-order valence-electron chi connectivity index (χ2n) is 4.78. The number of halogens is 1. The van der Waals surface area contributed by atoms with Gasteiger partial charge in [-0.2, -0.15) is 4.98 Å². The van der Waals surface area contributed by atoms with Crippen LogP contribution >= 0.6 is 11.6 Å². The third kappa shape index (κ3) is 2.76. The van der Waals surface area contributed by atoms with E-state index in [9.17, 15) is 0 Å². The van der Waals surface area contributed by atoms with E-state index in [-0.39, 0.29) is 6.79 Å². The normalized spacial score (nSPS) is 12.9. The molecular formula is C16H10ClN3O3. The fraction of sp³-hybridized carbons (Fsp3) is 0.0625. The molecule has 0 spiro atoms. The Balaban J connectivity index is 1.58. The first kappa shape index (κ1) is 13.8. The summed E-state index contributed by atoms with van der Waals surface area (Å²) in [7, 11) is 0. The highest BCUT2D eigenvalue weighted by Crippen LogP contribution is 2.32. The van der Waals surface area contributed by atoms with Crippen LogP contribution in [0, 0.1) is 0 Å². The third-order valence-corrected chi connectivity index (χ3v) is 3.53. The Morgan fingerprint density at radius 3 is 2.96 bits per heavy atom. The summed E-state index contributed by atoms with van der Waals surface area (Å²) >= 11 is 6.00. The van der Waals surface area contributed by atoms with Crippen molar-refractivity contribution < 1.29 is 14.3 Å². The molecule has 4 rings (SSSR count). The van der Waals surface area contributed by atoms with Crippen molar-refractivity contribution in [2.75, 3.05) is 6.79 Å². The Morgan fingerprint density at radius 2 is 2.00 bits per heavy atom. The van der Waals surface area contributed by atoms with Gasteiger partial charge in [-0.25, -0.2) is 4.98 Å². The molecule has 0 N–H and O–H groups in total. The Kier molecular flexibility index (Phi) is 3.44. The van der Waals surface area contributed by atoms with E-state index >= 15 is 0 Å². The molecule has 2 aromatic carbocycles. The van der Waals surface area contributed by atoms with E-state index in [1.54, 1.807) is 24.4 Å². The van der Waals surface area contributed by atoms with Crippen LogP contribution < -0.4 is 14.3 Å². The van der Waals surface area contributed by atoms with Gasteiger partial charge in [0.1, 0.15) is 6.33 Å². The number of aromatic nitrogens is 2. The number of nitrogens with zero attached hydrogens (tertiary/aromatic N) is 3. The summed E-state index contributed by atoms with van der Waals surface area (Å²) in [5.41, 5.74) is 1.56. The molecule has 0 bridgehead atoms. The number of rotatable bonds is 3. The molecule has 0 saturated heterocycles. The molecule has 0 unspecified atom stereocenters. The van der Waals surface area contributed by atoms with Crippen LogP contribution in [-0.4, -0.2) is 23.0 Å². The molecule has 1 aliphatic heterocycles. The van der Waals surface area contributed by atoms with Gasteiger partial charge in [0.25, 0.3) is 5.88 Å². The number of hydrogen-bond donors (Lipinski definition) is 0. The molecule has 0 fully saturated rings. The first-order valence-electron chi connectivity index (χ1n) is 6.80. The second kappa shape index (κ2) is 5.73. The Labute approximate surface area is 136 Å². The fourth-order valence-corrected chi connectivity index (χ4v) is 2.38. The van der Waals surface area contributed by atoms with Crippen LogP contribution in [-0.2, 0) is 0 Å². The van der Waals surface area contributed by atoms with E-state index in [2.05, 4.69) is 15.1 Å². The molecular weight excluding hydrogens is 318 g/mol. The van der Waals surface area contributed by atoms with E-state index in [0.29, 0.717) is 22.0 Å². The van der Waals surface area contributed by atoms with Crippen LogP contribution in [0.5, 0.6) is 17.4 Å². The lowest BCUT2D eigenvalue weighted by Gasteiger charge is -2.02. The number of hydrogen-bond acceptors (Lipinski definition) is 6. The SMILES string of the molecule is Clc1ccc2ncnc(ON=Cc3ccc4c(c3)OCO4)c2c1. The van der Waals surface area contributed by atoms with Crippen molar-refractivity contribution in [2.45, 2.75) is 0 Å². The predicted molar refractivity (Wildman–Crippen MR) is 85.3 cm³/mol. The summed E-state index contributed by atoms with van der Waals surface area (Å²) < 4.78 is 10.6. The minimum Gasteiger partial charge on any atom is -0.454 e. The maximum atomic E-state index is 6.00. The Hall–Kier alpha value is -2.86. The summed E-state index contributed by atoms with van der Waals surface area (Å²) in [5.74, 6) is 1.75. The van der Waals surface area contributed by atoms with E-state index in [1.165, 1.54) is 6.33 Å². The molecule has 6 nitrogen and oxygen atoms in total. The second-order valence-corrected chi connectivity index (χ2v) is 5.22. The van der Waals surface area contributed by atoms with Crippen LogP contribution in [0.3, 0.4) is 0 Å². The average molecular weight is 328 g/mol. The first-order chi connectivity index (χ1) is 11.3. The van der Waals surface area contributed by atoms with Gasteiger partial charge in [0.05, 0.1) is 17.1 Å². The lowest BCUT2D eigenvalue weighted by molar-refractivity contribution is 0.174. The van der Waals surface area contributed by atoms with Crippen molar-refractivity contribution in [1.29, 1.82) is 0 Å². The molecule has 0 saturated carbocycles. The van der Waals surface area contributed by atoms with Gasteiger partial charge < -0.3 is 14.3 Å². The highest BCUT2D eigenvalue weighted by atomic mass is 35.5. The van der Waals surface area contributed by atoms with Gasteiger partial charge in [-0.05, 0) is 36.4 Å². The molecule has 1 aromatic heterocycles. The zero-order valence-corrected chi connectivity index (χ0v) is 12.5. The molecule has 7 heteroatoms. The Morgan fingerprint density at radius 1 is 1.09 bits per heavy atom. The van der Waals surface area contributed by atoms with Gasteiger partial charge in [0, 0.05) is 10.6 Å². The quantitative estimate of drug-likeness (QED) is 0.544. The molecule has 3 aromatic rings. The van der Waals surface area contributed by atoms with Gasteiger partial charge in [0.15, 0.2) is 11.5 Å². The van der Waals surface area contributed by atoms with Crippen LogP contribution in [0.25, 0.3) is 10.9 Å². The summed E-state index contributed by atoms with van der Waals surface area (Å²) in [6.45, 7) is 0.236. The lowest BCUT2D eigenvalue weighted by atomic mass is 10.2. The van der Waals surface area contributed by atoms with Crippen molar-refractivity contribution in [2.24, 2.45) is 5.16 Å². The van der Waals surface area contributed by atoms with Gasteiger partial charge in [-0.3, -0.25) is 0 Å². The fourth-order valence-electron chi connectivity index (χ4n) is 2.21. The molecule has 0 amide bonds. The van der Waals surface area contributed by atoms with Gasteiger partial charge in [-0.15, -0.1) is 0 Å². The maximum Gasteiger partial charge on any atom is 0.259 e. The number of oxime groups is 1. The summed E-state index contributed by atoms with van der Waals surface area (Å²) in [6, 6.07) is 10.8. The topological polar surface area (TPSA) is 65.8 Å². The number of fused-ring (bicyclic) bond motifs is 2. The lowest BCUT2D eigenvalue weighted by Crippen LogP contribution is -1.93. The van der Waals surface area contributed by atoms with E-state index in [1.807, 2.05) is 18.2 Å². The zero-order chi connectivity index (χ0) is 15.6. The third-order valence-electron chi connectivity index (χ3n) is 3.30. The molecule has 1 aliphatic rings. The standard InChI is InChI=1S/C16H10ClN3O3/c17-11-2-3-13-12(6-11)16(19-8-18-13)23-20-7-10-1-4-14-15(5-10)22-9-21-14/h1-8H,9H2. The highest BCUT2D eigenvalue weighted by Gasteiger charge is 2.12. The predicted octanol–water partition coefficient (Wildman–Crippen LogP) is 3.42. The first-order valence-corrected chi connectivity index (χ1v) is 7.18. The van der Waals surface area contributed by atoms with Gasteiger partial charge in [-0.1, -0.05) is 16.8 Å². The largest absolute Gasteiger partial charge is 0.454 e. The summed E-state index contributed by atoms with van der Waals surface area (Å²) in [4.78, 5) is 13.6. The minimum atomic E-state index is 0.236. The van der Waals surface area contributed by atoms with Crippen LogP contribution in [0.15, 0.2) is 47.9 Å². The van der Waals surface area contributed by atoms with E-state index < -0.39 is 0 Å². The van der Waals surface area contributed by atoms with Crippen LogP contribution in [0.1, 0.15) is 5.56 Å². The molecule has 114 valence electrons. The van der Waals surface area contributed by atoms with Crippen molar-refractivity contribution in [3.63, 3.8) is 0 Å². The van der Waals surface area contributed by atoms with Gasteiger partial charge >= 0.3 is 0 Å². The molecule has 0 aliphatic carbocycles. The van der Waals surface area contributed by atoms with Crippen LogP contribution in [0.4, 0.5) is 0 Å². The zero-order valence-electron chi connectivity index (χ0n) is 11.8. The van der Waals surface area contributed by atoms with Crippen molar-refractivity contribution in [1.82, 2.24) is 9.97 Å². The Bertz CT molecular complexity index is 914. The highest BCUT2D eigenvalue weighted by molar-refractivity contribution is 6.31. The smallest absolute Gasteiger partial charge is 0.259 e. The average Bonchev–Trinajstić information content (AvgIpc) is 3.03.